The van der Waals surface area contributed by atoms with Crippen LogP contribution in [-0.2, 0) is 20.2 Å². The Morgan fingerprint density at radius 1 is 1.40 bits per heavy atom. The Bertz CT molecular complexity index is 641. The first-order chi connectivity index (χ1) is 9.32. The predicted molar refractivity (Wildman–Crippen MR) is 79.1 cm³/mol. The highest BCUT2D eigenvalue weighted by Crippen LogP contribution is 2.49. The minimum absolute atomic E-state index is 0.0247. The summed E-state index contributed by atoms with van der Waals surface area (Å²) < 4.78 is 30.2. The van der Waals surface area contributed by atoms with Crippen molar-refractivity contribution in [3.63, 3.8) is 0 Å². The van der Waals surface area contributed by atoms with E-state index in [2.05, 4.69) is 9.95 Å². The first-order valence-electron chi connectivity index (χ1n) is 6.21. The summed E-state index contributed by atoms with van der Waals surface area (Å²) in [5.41, 5.74) is 0.713. The van der Waals surface area contributed by atoms with Crippen molar-refractivity contribution in [3.8, 4) is 5.75 Å². The van der Waals surface area contributed by atoms with E-state index < -0.39 is 15.4 Å². The molecule has 1 aliphatic rings. The van der Waals surface area contributed by atoms with Crippen molar-refractivity contribution in [2.75, 3.05) is 18.1 Å². The molecule has 2 N–H and O–H groups in total. The molecule has 0 bridgehead atoms. The van der Waals surface area contributed by atoms with Gasteiger partial charge in [0.05, 0.1) is 24.5 Å². The van der Waals surface area contributed by atoms with Gasteiger partial charge in [-0.2, -0.15) is 0 Å². The highest BCUT2D eigenvalue weighted by molar-refractivity contribution is 7.92. The van der Waals surface area contributed by atoms with Crippen LogP contribution in [0.2, 0.25) is 0 Å². The van der Waals surface area contributed by atoms with Crippen LogP contribution in [0.4, 0.5) is 5.69 Å². The topological polar surface area (TPSA) is 84.5 Å². The molecule has 1 aromatic carbocycles. The minimum Gasteiger partial charge on any atom is -0.495 e. The Labute approximate surface area is 119 Å². The van der Waals surface area contributed by atoms with Gasteiger partial charge in [-0.05, 0) is 30.5 Å². The molecule has 20 heavy (non-hydrogen) atoms. The third-order valence-corrected chi connectivity index (χ3v) is 4.05. The van der Waals surface area contributed by atoms with Crippen LogP contribution in [0.3, 0.4) is 0 Å². The summed E-state index contributed by atoms with van der Waals surface area (Å²) >= 11 is 0. The number of ether oxygens (including phenoxy) is 1. The number of sulfonamides is 1. The van der Waals surface area contributed by atoms with Crippen molar-refractivity contribution >= 4 is 29.6 Å². The van der Waals surface area contributed by atoms with E-state index in [9.17, 15) is 13.2 Å². The molecule has 0 radical (unpaired) electrons. The van der Waals surface area contributed by atoms with Gasteiger partial charge in [-0.3, -0.25) is 9.52 Å². The molecule has 1 saturated carbocycles. The standard InChI is InChI=1S/C12H17BN2O4S/c1-19-10-7-8(12(5-6-12)11(16)14-13)3-4-9(10)15-20(2,17)18/h3-4,7,15H,5-6,13H2,1-2H3,(H,14,16). The molecule has 1 fully saturated rings. The molecule has 0 aromatic heterocycles. The van der Waals surface area contributed by atoms with Gasteiger partial charge in [0.25, 0.3) is 0 Å². The van der Waals surface area contributed by atoms with Crippen LogP contribution >= 0.6 is 0 Å². The Morgan fingerprint density at radius 3 is 2.50 bits per heavy atom. The van der Waals surface area contributed by atoms with Crippen LogP contribution < -0.4 is 14.7 Å². The predicted octanol–water partition coefficient (Wildman–Crippen LogP) is -0.237. The number of amides is 1. The second kappa shape index (κ2) is 5.01. The van der Waals surface area contributed by atoms with Crippen LogP contribution in [0, 0.1) is 0 Å². The third-order valence-electron chi connectivity index (χ3n) is 3.46. The first-order valence-corrected chi connectivity index (χ1v) is 8.10. The van der Waals surface area contributed by atoms with Crippen LogP contribution in [0.25, 0.3) is 0 Å². The number of benzene rings is 1. The van der Waals surface area contributed by atoms with Gasteiger partial charge >= 0.3 is 0 Å². The van der Waals surface area contributed by atoms with E-state index in [4.69, 9.17) is 4.74 Å². The van der Waals surface area contributed by atoms with E-state index in [1.54, 1.807) is 26.2 Å². The number of rotatable bonds is 5. The molecular formula is C12H17BN2O4S. The van der Waals surface area contributed by atoms with Gasteiger partial charge in [-0.25, -0.2) is 8.42 Å². The zero-order chi connectivity index (χ0) is 15.0. The Hall–Kier alpha value is -1.70. The molecule has 0 unspecified atom stereocenters. The Morgan fingerprint density at radius 2 is 2.05 bits per heavy atom. The molecule has 0 atom stereocenters. The van der Waals surface area contributed by atoms with Crippen LogP contribution in [0.1, 0.15) is 18.4 Å². The molecule has 108 valence electrons. The molecule has 1 amide bonds. The largest absolute Gasteiger partial charge is 0.495 e. The fraction of sp³-hybridized carbons (Fsp3) is 0.417. The number of carbonyl (C=O) groups is 1. The second-order valence-electron chi connectivity index (χ2n) is 4.95. The number of methoxy groups -OCH3 is 1. The molecule has 0 heterocycles. The molecule has 0 spiro atoms. The smallest absolute Gasteiger partial charge is 0.229 e. The van der Waals surface area contributed by atoms with Gasteiger partial charge < -0.3 is 9.96 Å². The zero-order valence-electron chi connectivity index (χ0n) is 11.7. The van der Waals surface area contributed by atoms with E-state index in [-0.39, 0.29) is 5.91 Å². The van der Waals surface area contributed by atoms with Gasteiger partial charge in [0.2, 0.25) is 23.9 Å². The molecule has 0 aliphatic heterocycles. The van der Waals surface area contributed by atoms with E-state index >= 15 is 0 Å². The maximum atomic E-state index is 11.9. The van der Waals surface area contributed by atoms with Crippen LogP contribution in [0.15, 0.2) is 18.2 Å². The third kappa shape index (κ3) is 2.74. The number of nitrogens with one attached hydrogen (secondary N) is 2. The molecule has 2 rings (SSSR count). The van der Waals surface area contributed by atoms with E-state index in [1.165, 1.54) is 7.11 Å². The van der Waals surface area contributed by atoms with Gasteiger partial charge in [0.15, 0.2) is 0 Å². The van der Waals surface area contributed by atoms with Crippen molar-refractivity contribution < 1.29 is 17.9 Å². The van der Waals surface area contributed by atoms with E-state index in [0.717, 1.165) is 24.7 Å². The first kappa shape index (κ1) is 14.7. The SMILES string of the molecule is BNC(=O)C1(c2ccc(NS(C)(=O)=O)c(OC)c2)CC1. The highest BCUT2D eigenvalue weighted by Gasteiger charge is 2.50. The Balaban J connectivity index is 2.38. The summed E-state index contributed by atoms with van der Waals surface area (Å²) in [7, 11) is -0.298. The summed E-state index contributed by atoms with van der Waals surface area (Å²) in [4.78, 5) is 11.9. The summed E-state index contributed by atoms with van der Waals surface area (Å²) in [6.07, 6.45) is 2.65. The normalized spacial score (nSPS) is 16.3. The molecule has 1 aromatic rings. The van der Waals surface area contributed by atoms with Gasteiger partial charge in [-0.15, -0.1) is 0 Å². The lowest BCUT2D eigenvalue weighted by atomic mass is 9.93. The van der Waals surface area contributed by atoms with Gasteiger partial charge in [0, 0.05) is 0 Å². The Kier molecular flexibility index (Phi) is 3.68. The molecule has 6 nitrogen and oxygen atoms in total. The van der Waals surface area contributed by atoms with Gasteiger partial charge in [0.1, 0.15) is 5.75 Å². The van der Waals surface area contributed by atoms with Crippen LogP contribution in [-0.4, -0.2) is 35.7 Å². The fourth-order valence-corrected chi connectivity index (χ4v) is 2.85. The zero-order valence-corrected chi connectivity index (χ0v) is 12.5. The van der Waals surface area contributed by atoms with Gasteiger partial charge in [-0.1, -0.05) is 6.07 Å². The fourth-order valence-electron chi connectivity index (χ4n) is 2.28. The summed E-state index contributed by atoms with van der Waals surface area (Å²) in [6.45, 7) is 0. The monoisotopic (exact) mass is 296 g/mol. The minimum atomic E-state index is -3.37. The number of anilines is 1. The highest BCUT2D eigenvalue weighted by atomic mass is 32.2. The van der Waals surface area contributed by atoms with Crippen molar-refractivity contribution in [2.45, 2.75) is 18.3 Å². The lowest BCUT2D eigenvalue weighted by Crippen LogP contribution is -2.32. The lowest BCUT2D eigenvalue weighted by molar-refractivity contribution is -0.121. The van der Waals surface area contributed by atoms with E-state index in [0.29, 0.717) is 11.4 Å². The van der Waals surface area contributed by atoms with Crippen molar-refractivity contribution in [1.82, 2.24) is 5.23 Å². The molecule has 1 aliphatic carbocycles. The summed E-state index contributed by atoms with van der Waals surface area (Å²) in [6, 6.07) is 5.10. The van der Waals surface area contributed by atoms with Crippen molar-refractivity contribution in [2.24, 2.45) is 0 Å². The number of carbonyl (C=O) groups excluding carboxylic acids is 1. The van der Waals surface area contributed by atoms with Crippen molar-refractivity contribution in [3.05, 3.63) is 23.8 Å². The molecular weight excluding hydrogens is 279 g/mol. The molecule has 8 heteroatoms. The quantitative estimate of drug-likeness (QED) is 0.735. The van der Waals surface area contributed by atoms with E-state index in [1.807, 2.05) is 0 Å². The second-order valence-corrected chi connectivity index (χ2v) is 6.70. The summed E-state index contributed by atoms with van der Waals surface area (Å²) in [5, 5.41) is 2.67. The van der Waals surface area contributed by atoms with Crippen molar-refractivity contribution in [1.29, 1.82) is 0 Å². The number of hydrogen-bond donors (Lipinski definition) is 2. The lowest BCUT2D eigenvalue weighted by Gasteiger charge is -2.17. The van der Waals surface area contributed by atoms with Crippen LogP contribution in [0.5, 0.6) is 5.75 Å². The average Bonchev–Trinajstić information content (AvgIpc) is 3.18. The summed E-state index contributed by atoms with van der Waals surface area (Å²) in [5.74, 6) is 0.381. The maximum Gasteiger partial charge on any atom is 0.229 e. The average molecular weight is 296 g/mol. The molecule has 0 saturated heterocycles. The number of hydrogen-bond acceptors (Lipinski definition) is 4. The maximum absolute atomic E-state index is 11.9.